The fraction of sp³-hybridized carbons (Fsp3) is 0.267. The lowest BCUT2D eigenvalue weighted by molar-refractivity contribution is 1.05. The van der Waals surface area contributed by atoms with Crippen molar-refractivity contribution in [1.82, 2.24) is 9.97 Å². The number of nitriles is 1. The van der Waals surface area contributed by atoms with Gasteiger partial charge in [0.25, 0.3) is 0 Å². The van der Waals surface area contributed by atoms with Gasteiger partial charge in [-0.15, -0.1) is 0 Å². The van der Waals surface area contributed by atoms with Crippen LogP contribution < -0.4 is 10.6 Å². The normalized spacial score (nSPS) is 9.90. The van der Waals surface area contributed by atoms with Crippen molar-refractivity contribution in [1.29, 1.82) is 5.26 Å². The Balaban J connectivity index is 2.26. The number of hydrogen-bond acceptors (Lipinski definition) is 5. The number of aromatic nitrogens is 2. The molecule has 0 saturated carbocycles. The molecule has 0 bridgehead atoms. The molecule has 0 saturated heterocycles. The first-order valence-corrected chi connectivity index (χ1v) is 6.39. The summed E-state index contributed by atoms with van der Waals surface area (Å²) < 4.78 is 0. The van der Waals surface area contributed by atoms with Crippen molar-refractivity contribution in [2.24, 2.45) is 0 Å². The first-order valence-electron chi connectivity index (χ1n) is 6.39. The Morgan fingerprint density at radius 1 is 1.10 bits per heavy atom. The average molecular weight is 267 g/mol. The minimum absolute atomic E-state index is 0.222. The van der Waals surface area contributed by atoms with Crippen LogP contribution in [0.15, 0.2) is 24.3 Å². The zero-order valence-electron chi connectivity index (χ0n) is 11.9. The zero-order chi connectivity index (χ0) is 14.5. The van der Waals surface area contributed by atoms with Crippen molar-refractivity contribution in [3.8, 4) is 6.07 Å². The third-order valence-corrected chi connectivity index (χ3v) is 2.84. The Bertz CT molecular complexity index is 658. The molecule has 0 aliphatic carbocycles. The van der Waals surface area contributed by atoms with E-state index in [1.165, 1.54) is 5.56 Å². The molecule has 0 aliphatic heterocycles. The van der Waals surface area contributed by atoms with E-state index in [1.54, 1.807) is 6.07 Å². The molecule has 5 nitrogen and oxygen atoms in total. The molecule has 2 rings (SSSR count). The molecule has 0 aliphatic rings. The minimum Gasteiger partial charge on any atom is -0.357 e. The third kappa shape index (κ3) is 3.45. The van der Waals surface area contributed by atoms with Gasteiger partial charge in [0.1, 0.15) is 24.0 Å². The molecular formula is C15H17N5. The van der Waals surface area contributed by atoms with E-state index in [4.69, 9.17) is 5.26 Å². The number of nitrogens with zero attached hydrogens (tertiary/aromatic N) is 3. The summed E-state index contributed by atoms with van der Waals surface area (Å²) in [4.78, 5) is 8.60. The van der Waals surface area contributed by atoms with Gasteiger partial charge in [-0.25, -0.2) is 9.97 Å². The van der Waals surface area contributed by atoms with E-state index in [0.717, 1.165) is 11.3 Å². The Morgan fingerprint density at radius 2 is 1.85 bits per heavy atom. The summed E-state index contributed by atoms with van der Waals surface area (Å²) >= 11 is 0. The first-order chi connectivity index (χ1) is 9.58. The Labute approximate surface area is 118 Å². The molecule has 0 radical (unpaired) electrons. The first kappa shape index (κ1) is 13.8. The summed E-state index contributed by atoms with van der Waals surface area (Å²) in [7, 11) is 0. The molecular weight excluding hydrogens is 250 g/mol. The molecule has 0 atom stereocenters. The fourth-order valence-corrected chi connectivity index (χ4v) is 1.86. The molecule has 5 heteroatoms. The van der Waals surface area contributed by atoms with Crippen LogP contribution in [0.1, 0.15) is 17.0 Å². The van der Waals surface area contributed by atoms with Gasteiger partial charge in [-0.2, -0.15) is 5.26 Å². The van der Waals surface area contributed by atoms with Crippen LogP contribution in [0.5, 0.6) is 0 Å². The highest BCUT2D eigenvalue weighted by Crippen LogP contribution is 2.22. The van der Waals surface area contributed by atoms with Crippen LogP contribution in [0, 0.1) is 32.1 Å². The SMILES string of the molecule is Cc1ccc(C)c(Nc2cc(NCC#N)nc(C)n2)c1. The van der Waals surface area contributed by atoms with E-state index in [1.807, 2.05) is 19.9 Å². The van der Waals surface area contributed by atoms with Crippen LogP contribution >= 0.6 is 0 Å². The van der Waals surface area contributed by atoms with Gasteiger partial charge >= 0.3 is 0 Å². The highest BCUT2D eigenvalue weighted by atomic mass is 15.1. The topological polar surface area (TPSA) is 73.6 Å². The van der Waals surface area contributed by atoms with Crippen LogP contribution in [-0.4, -0.2) is 16.5 Å². The van der Waals surface area contributed by atoms with Gasteiger partial charge < -0.3 is 10.6 Å². The van der Waals surface area contributed by atoms with Gasteiger partial charge in [0.2, 0.25) is 0 Å². The maximum atomic E-state index is 8.60. The van der Waals surface area contributed by atoms with Crippen LogP contribution in [0.2, 0.25) is 0 Å². The van der Waals surface area contributed by atoms with E-state index in [9.17, 15) is 0 Å². The predicted molar refractivity (Wildman–Crippen MR) is 80.1 cm³/mol. The quantitative estimate of drug-likeness (QED) is 0.833. The average Bonchev–Trinajstić information content (AvgIpc) is 2.40. The number of anilines is 3. The molecule has 102 valence electrons. The van der Waals surface area contributed by atoms with Gasteiger partial charge in [0, 0.05) is 11.8 Å². The molecule has 1 aromatic heterocycles. The molecule has 1 aromatic carbocycles. The van der Waals surface area contributed by atoms with Crippen molar-refractivity contribution in [2.75, 3.05) is 17.2 Å². The molecule has 0 unspecified atom stereocenters. The predicted octanol–water partition coefficient (Wildman–Crippen LogP) is 3.08. The monoisotopic (exact) mass is 267 g/mol. The second-order valence-corrected chi connectivity index (χ2v) is 4.64. The van der Waals surface area contributed by atoms with Crippen molar-refractivity contribution in [3.05, 3.63) is 41.2 Å². The number of hydrogen-bond donors (Lipinski definition) is 2. The lowest BCUT2D eigenvalue weighted by atomic mass is 10.1. The molecule has 0 spiro atoms. The van der Waals surface area contributed by atoms with E-state index in [-0.39, 0.29) is 6.54 Å². The standard InChI is InChI=1S/C15H17N5/c1-10-4-5-11(2)13(8-10)20-15-9-14(17-7-6-16)18-12(3)19-15/h4-5,8-9H,7H2,1-3H3,(H2,17,18,19,20). The smallest absolute Gasteiger partial charge is 0.136 e. The van der Waals surface area contributed by atoms with Crippen LogP contribution in [0.4, 0.5) is 17.3 Å². The van der Waals surface area contributed by atoms with Crippen LogP contribution in [0.25, 0.3) is 0 Å². The summed E-state index contributed by atoms with van der Waals surface area (Å²) in [6.45, 7) is 6.14. The Kier molecular flexibility index (Phi) is 4.16. The number of rotatable bonds is 4. The van der Waals surface area contributed by atoms with E-state index in [0.29, 0.717) is 17.5 Å². The molecule has 1 heterocycles. The van der Waals surface area contributed by atoms with Crippen LogP contribution in [0.3, 0.4) is 0 Å². The molecule has 20 heavy (non-hydrogen) atoms. The van der Waals surface area contributed by atoms with E-state index >= 15 is 0 Å². The van der Waals surface area contributed by atoms with E-state index < -0.39 is 0 Å². The van der Waals surface area contributed by atoms with Gasteiger partial charge in [0.15, 0.2) is 0 Å². The van der Waals surface area contributed by atoms with Crippen LogP contribution in [-0.2, 0) is 0 Å². The number of aryl methyl sites for hydroxylation is 3. The summed E-state index contributed by atoms with van der Waals surface area (Å²) in [5.41, 5.74) is 3.36. The minimum atomic E-state index is 0.222. The molecule has 0 fully saturated rings. The van der Waals surface area contributed by atoms with Gasteiger partial charge in [-0.3, -0.25) is 0 Å². The summed E-state index contributed by atoms with van der Waals surface area (Å²) in [6, 6.07) is 10.1. The van der Waals surface area contributed by atoms with Gasteiger partial charge in [-0.1, -0.05) is 12.1 Å². The molecule has 2 N–H and O–H groups in total. The Morgan fingerprint density at radius 3 is 2.60 bits per heavy atom. The van der Waals surface area contributed by atoms with Gasteiger partial charge in [0.05, 0.1) is 6.07 Å². The maximum Gasteiger partial charge on any atom is 0.136 e. The summed E-state index contributed by atoms with van der Waals surface area (Å²) in [6.07, 6.45) is 0. The lowest BCUT2D eigenvalue weighted by Crippen LogP contribution is -2.05. The molecule has 2 aromatic rings. The third-order valence-electron chi connectivity index (χ3n) is 2.84. The van der Waals surface area contributed by atoms with Crippen molar-refractivity contribution >= 4 is 17.3 Å². The van der Waals surface area contributed by atoms with Crippen molar-refractivity contribution < 1.29 is 0 Å². The second-order valence-electron chi connectivity index (χ2n) is 4.64. The van der Waals surface area contributed by atoms with Crippen molar-refractivity contribution in [2.45, 2.75) is 20.8 Å². The zero-order valence-corrected chi connectivity index (χ0v) is 11.9. The van der Waals surface area contributed by atoms with E-state index in [2.05, 4.69) is 45.7 Å². The highest BCUT2D eigenvalue weighted by Gasteiger charge is 2.04. The fourth-order valence-electron chi connectivity index (χ4n) is 1.86. The van der Waals surface area contributed by atoms with Crippen molar-refractivity contribution in [3.63, 3.8) is 0 Å². The van der Waals surface area contributed by atoms with Gasteiger partial charge in [-0.05, 0) is 38.0 Å². The summed E-state index contributed by atoms with van der Waals surface area (Å²) in [5, 5.41) is 14.8. The highest BCUT2D eigenvalue weighted by molar-refractivity contribution is 5.63. The summed E-state index contributed by atoms with van der Waals surface area (Å²) in [5.74, 6) is 2.01. The lowest BCUT2D eigenvalue weighted by Gasteiger charge is -2.11. The second kappa shape index (κ2) is 6.02. The maximum absolute atomic E-state index is 8.60. The number of benzene rings is 1. The Hall–Kier alpha value is -2.61. The molecule has 0 amide bonds. The number of nitrogens with one attached hydrogen (secondary N) is 2. The largest absolute Gasteiger partial charge is 0.357 e.